The zero-order valence-electron chi connectivity index (χ0n) is 18.5. The molecule has 3 amide bonds. The van der Waals surface area contributed by atoms with Crippen LogP contribution in [-0.2, 0) is 26.2 Å². The summed E-state index contributed by atoms with van der Waals surface area (Å²) in [5.74, 6) is -1.73. The molecule has 0 aliphatic carbocycles. The molecule has 3 rings (SSSR count). The van der Waals surface area contributed by atoms with Gasteiger partial charge in [-0.05, 0) is 50.1 Å². The van der Waals surface area contributed by atoms with Gasteiger partial charge in [-0.15, -0.1) is 0 Å². The zero-order chi connectivity index (χ0) is 24.2. The van der Waals surface area contributed by atoms with E-state index in [0.29, 0.717) is 12.1 Å². The molecule has 33 heavy (non-hydrogen) atoms. The van der Waals surface area contributed by atoms with Crippen molar-refractivity contribution in [1.29, 1.82) is 0 Å². The number of likely N-dealkylation sites (N-methyl/N-ethyl adjacent to an activating group) is 1. The van der Waals surface area contributed by atoms with Crippen molar-refractivity contribution in [3.8, 4) is 0 Å². The van der Waals surface area contributed by atoms with Crippen molar-refractivity contribution in [3.05, 3.63) is 65.5 Å². The molecule has 1 heterocycles. The molecule has 0 radical (unpaired) electrons. The summed E-state index contributed by atoms with van der Waals surface area (Å²) in [6, 6.07) is 10.8. The summed E-state index contributed by atoms with van der Waals surface area (Å²) in [6.07, 6.45) is 0.0282. The highest BCUT2D eigenvalue weighted by atomic mass is 32.2. The molecule has 1 aliphatic rings. The van der Waals surface area contributed by atoms with Gasteiger partial charge < -0.3 is 10.2 Å². The molecule has 0 bridgehead atoms. The fraction of sp³-hybridized carbons (Fsp3) is 0.348. The van der Waals surface area contributed by atoms with E-state index in [1.807, 2.05) is 0 Å². The van der Waals surface area contributed by atoms with E-state index >= 15 is 0 Å². The highest BCUT2D eigenvalue weighted by Gasteiger charge is 2.40. The van der Waals surface area contributed by atoms with Crippen LogP contribution in [0.25, 0.3) is 0 Å². The third-order valence-corrected chi connectivity index (χ3v) is 7.29. The Balaban J connectivity index is 1.70. The molecule has 1 aliphatic heterocycles. The molecule has 0 aromatic heterocycles. The SMILES string of the molecule is CCNC(=O)C(C)N(Cc1ccc(F)cc1)C(=O)CCCN1C(=O)c2ccccc2S1(=O)=O. The Bertz CT molecular complexity index is 1150. The maximum absolute atomic E-state index is 13.3. The summed E-state index contributed by atoms with van der Waals surface area (Å²) in [7, 11) is -3.94. The zero-order valence-corrected chi connectivity index (χ0v) is 19.3. The van der Waals surface area contributed by atoms with E-state index in [1.165, 1.54) is 41.3 Å². The van der Waals surface area contributed by atoms with Gasteiger partial charge in [0.15, 0.2) is 0 Å². The lowest BCUT2D eigenvalue weighted by Gasteiger charge is -2.29. The number of sulfonamides is 1. The second-order valence-electron chi connectivity index (χ2n) is 7.70. The van der Waals surface area contributed by atoms with Gasteiger partial charge in [0, 0.05) is 26.1 Å². The first-order valence-electron chi connectivity index (χ1n) is 10.6. The predicted molar refractivity (Wildman–Crippen MR) is 119 cm³/mol. The minimum Gasteiger partial charge on any atom is -0.355 e. The number of benzene rings is 2. The molecular formula is C23H26FN3O5S. The Hall–Kier alpha value is -3.27. The fourth-order valence-electron chi connectivity index (χ4n) is 3.66. The van der Waals surface area contributed by atoms with E-state index in [-0.39, 0.29) is 48.2 Å². The van der Waals surface area contributed by atoms with Crippen LogP contribution in [0.1, 0.15) is 42.6 Å². The van der Waals surface area contributed by atoms with Crippen LogP contribution in [-0.4, -0.2) is 54.5 Å². The van der Waals surface area contributed by atoms with Gasteiger partial charge in [-0.3, -0.25) is 14.4 Å². The summed E-state index contributed by atoms with van der Waals surface area (Å²) in [6.45, 7) is 3.70. The average Bonchev–Trinajstić information content (AvgIpc) is 2.99. The van der Waals surface area contributed by atoms with Crippen LogP contribution in [0.15, 0.2) is 53.4 Å². The molecule has 176 valence electrons. The smallest absolute Gasteiger partial charge is 0.269 e. The van der Waals surface area contributed by atoms with E-state index in [9.17, 15) is 27.2 Å². The number of fused-ring (bicyclic) bond motifs is 1. The van der Waals surface area contributed by atoms with Crippen molar-refractivity contribution in [2.45, 2.75) is 44.2 Å². The summed E-state index contributed by atoms with van der Waals surface area (Å²) in [4.78, 5) is 39.2. The van der Waals surface area contributed by atoms with Gasteiger partial charge in [-0.25, -0.2) is 17.1 Å². The van der Waals surface area contributed by atoms with Crippen molar-refractivity contribution >= 4 is 27.7 Å². The van der Waals surface area contributed by atoms with Crippen LogP contribution >= 0.6 is 0 Å². The van der Waals surface area contributed by atoms with Crippen molar-refractivity contribution in [2.24, 2.45) is 0 Å². The number of hydrogen-bond donors (Lipinski definition) is 1. The Morgan fingerprint density at radius 1 is 1.12 bits per heavy atom. The number of hydrogen-bond acceptors (Lipinski definition) is 5. The standard InChI is InChI=1S/C23H26FN3O5S/c1-3-25-22(29)16(2)26(15-17-10-12-18(24)13-11-17)21(28)9-6-14-27-23(30)19-7-4-5-8-20(19)33(27,31)32/h4-5,7-8,10-13,16H,3,6,9,14-15H2,1-2H3,(H,25,29). The summed E-state index contributed by atoms with van der Waals surface area (Å²) < 4.78 is 39.4. The van der Waals surface area contributed by atoms with Gasteiger partial charge in [-0.1, -0.05) is 24.3 Å². The Kier molecular flexibility index (Phi) is 7.47. The van der Waals surface area contributed by atoms with Gasteiger partial charge in [-0.2, -0.15) is 0 Å². The lowest BCUT2D eigenvalue weighted by molar-refractivity contribution is -0.140. The molecule has 10 heteroatoms. The highest BCUT2D eigenvalue weighted by molar-refractivity contribution is 7.90. The first kappa shape index (κ1) is 24.4. The highest BCUT2D eigenvalue weighted by Crippen LogP contribution is 2.30. The normalized spacial score (nSPS) is 15.1. The Morgan fingerprint density at radius 2 is 1.79 bits per heavy atom. The molecule has 0 spiro atoms. The topological polar surface area (TPSA) is 104 Å². The van der Waals surface area contributed by atoms with Gasteiger partial charge in [0.25, 0.3) is 15.9 Å². The van der Waals surface area contributed by atoms with E-state index in [0.717, 1.165) is 4.31 Å². The van der Waals surface area contributed by atoms with Gasteiger partial charge in [0.2, 0.25) is 11.8 Å². The maximum atomic E-state index is 13.3. The van der Waals surface area contributed by atoms with Crippen molar-refractivity contribution in [3.63, 3.8) is 0 Å². The van der Waals surface area contributed by atoms with Crippen LogP contribution in [0, 0.1) is 5.82 Å². The third kappa shape index (κ3) is 5.22. The molecular weight excluding hydrogens is 449 g/mol. The minimum atomic E-state index is -3.94. The molecule has 1 atom stereocenters. The first-order chi connectivity index (χ1) is 15.7. The second-order valence-corrected chi connectivity index (χ2v) is 9.53. The molecule has 0 saturated carbocycles. The first-order valence-corrected chi connectivity index (χ1v) is 12.1. The van der Waals surface area contributed by atoms with Crippen molar-refractivity contribution in [1.82, 2.24) is 14.5 Å². The predicted octanol–water partition coefficient (Wildman–Crippen LogP) is 2.30. The number of nitrogens with one attached hydrogen (secondary N) is 1. The van der Waals surface area contributed by atoms with Crippen molar-refractivity contribution < 1.29 is 27.2 Å². The van der Waals surface area contributed by atoms with Crippen LogP contribution in [0.2, 0.25) is 0 Å². The van der Waals surface area contributed by atoms with Gasteiger partial charge >= 0.3 is 0 Å². The third-order valence-electron chi connectivity index (χ3n) is 5.45. The second kappa shape index (κ2) is 10.1. The van der Waals surface area contributed by atoms with Crippen LogP contribution in [0.5, 0.6) is 0 Å². The minimum absolute atomic E-state index is 0.0379. The summed E-state index contributed by atoms with van der Waals surface area (Å²) in [5, 5.41) is 2.68. The quantitative estimate of drug-likeness (QED) is 0.599. The monoisotopic (exact) mass is 475 g/mol. The molecule has 0 saturated heterocycles. The molecule has 2 aromatic rings. The Labute approximate surface area is 192 Å². The van der Waals surface area contributed by atoms with Gasteiger partial charge in [0.1, 0.15) is 16.8 Å². The average molecular weight is 476 g/mol. The fourth-order valence-corrected chi connectivity index (χ4v) is 5.27. The number of rotatable bonds is 9. The van der Waals surface area contributed by atoms with Crippen LogP contribution in [0.3, 0.4) is 0 Å². The Morgan fingerprint density at radius 3 is 2.42 bits per heavy atom. The van der Waals surface area contributed by atoms with Crippen molar-refractivity contribution in [2.75, 3.05) is 13.1 Å². The van der Waals surface area contributed by atoms with E-state index < -0.39 is 27.8 Å². The van der Waals surface area contributed by atoms with Crippen LogP contribution in [0.4, 0.5) is 4.39 Å². The van der Waals surface area contributed by atoms with E-state index in [2.05, 4.69) is 5.32 Å². The van der Waals surface area contributed by atoms with E-state index in [4.69, 9.17) is 0 Å². The largest absolute Gasteiger partial charge is 0.355 e. The number of nitrogens with zero attached hydrogens (tertiary/aromatic N) is 2. The summed E-state index contributed by atoms with van der Waals surface area (Å²) in [5.41, 5.74) is 0.764. The number of carbonyl (C=O) groups excluding carboxylic acids is 3. The number of carbonyl (C=O) groups is 3. The van der Waals surface area contributed by atoms with E-state index in [1.54, 1.807) is 26.0 Å². The molecule has 1 unspecified atom stereocenters. The summed E-state index contributed by atoms with van der Waals surface area (Å²) >= 11 is 0. The lowest BCUT2D eigenvalue weighted by atomic mass is 10.1. The molecule has 1 N–H and O–H groups in total. The number of amides is 3. The molecule has 0 fully saturated rings. The van der Waals surface area contributed by atoms with Gasteiger partial charge in [0.05, 0.1) is 5.56 Å². The van der Waals surface area contributed by atoms with Crippen LogP contribution < -0.4 is 5.32 Å². The number of halogens is 1. The maximum Gasteiger partial charge on any atom is 0.269 e. The lowest BCUT2D eigenvalue weighted by Crippen LogP contribution is -2.47. The molecule has 8 nitrogen and oxygen atoms in total. The molecule has 2 aromatic carbocycles.